The fourth-order valence-electron chi connectivity index (χ4n) is 2.12. The van der Waals surface area contributed by atoms with Crippen LogP contribution in [0.15, 0.2) is 53.0 Å². The summed E-state index contributed by atoms with van der Waals surface area (Å²) in [6, 6.07) is 11.8. The number of rotatable bonds is 6. The molecule has 1 amide bonds. The lowest BCUT2D eigenvalue weighted by Gasteiger charge is -2.10. The number of carbonyl (C=O) groups is 3. The maximum Gasteiger partial charge on any atom is 0.341 e. The molecule has 7 heteroatoms. The van der Waals surface area contributed by atoms with Crippen LogP contribution >= 0.6 is 15.9 Å². The Bertz CT molecular complexity index is 892. The zero-order valence-electron chi connectivity index (χ0n) is 14.8. The molecule has 0 aliphatic carbocycles. The van der Waals surface area contributed by atoms with Crippen LogP contribution < -0.4 is 10.1 Å². The molecular weight excluding hydrogens is 414 g/mol. The van der Waals surface area contributed by atoms with Crippen LogP contribution in [-0.4, -0.2) is 25.0 Å². The van der Waals surface area contributed by atoms with E-state index in [-0.39, 0.29) is 23.6 Å². The van der Waals surface area contributed by atoms with Crippen molar-refractivity contribution < 1.29 is 23.9 Å². The molecule has 27 heavy (non-hydrogen) atoms. The number of esters is 2. The number of hydrogen-bond acceptors (Lipinski definition) is 5. The fraction of sp³-hybridized carbons (Fsp3) is 0.150. The van der Waals surface area contributed by atoms with Gasteiger partial charge in [0.05, 0.1) is 7.11 Å². The number of amides is 1. The summed E-state index contributed by atoms with van der Waals surface area (Å²) in [5.41, 5.74) is 1.27. The Morgan fingerprint density at radius 2 is 1.89 bits per heavy atom. The largest absolute Gasteiger partial charge is 0.465 e. The van der Waals surface area contributed by atoms with Crippen molar-refractivity contribution >= 4 is 45.5 Å². The van der Waals surface area contributed by atoms with Gasteiger partial charge in [0.1, 0.15) is 11.3 Å². The SMILES string of the molecule is CCC(=O)Oc1ccc(NC(=O)C=Cc2ccccc2Br)cc1C(=O)OC. The minimum Gasteiger partial charge on any atom is -0.465 e. The van der Waals surface area contributed by atoms with Crippen molar-refractivity contribution in [1.29, 1.82) is 0 Å². The summed E-state index contributed by atoms with van der Waals surface area (Å²) < 4.78 is 10.7. The van der Waals surface area contributed by atoms with Gasteiger partial charge < -0.3 is 14.8 Å². The second-order valence-electron chi connectivity index (χ2n) is 5.37. The van der Waals surface area contributed by atoms with Crippen LogP contribution in [0.5, 0.6) is 5.75 Å². The van der Waals surface area contributed by atoms with E-state index in [0.29, 0.717) is 5.69 Å². The molecular formula is C20H18BrNO5. The van der Waals surface area contributed by atoms with Crippen molar-refractivity contribution in [2.45, 2.75) is 13.3 Å². The first kappa shape index (κ1) is 20.4. The highest BCUT2D eigenvalue weighted by Gasteiger charge is 2.16. The average molecular weight is 432 g/mol. The molecule has 2 aromatic rings. The van der Waals surface area contributed by atoms with E-state index in [4.69, 9.17) is 9.47 Å². The minimum atomic E-state index is -0.672. The first-order chi connectivity index (χ1) is 12.9. The van der Waals surface area contributed by atoms with Gasteiger partial charge >= 0.3 is 11.9 Å². The summed E-state index contributed by atoms with van der Waals surface area (Å²) in [7, 11) is 1.22. The van der Waals surface area contributed by atoms with Crippen molar-refractivity contribution in [3.63, 3.8) is 0 Å². The molecule has 1 N–H and O–H groups in total. The van der Waals surface area contributed by atoms with Gasteiger partial charge in [0.25, 0.3) is 0 Å². The third-order valence-electron chi connectivity index (χ3n) is 3.48. The Morgan fingerprint density at radius 3 is 2.56 bits per heavy atom. The molecule has 0 unspecified atom stereocenters. The highest BCUT2D eigenvalue weighted by Crippen LogP contribution is 2.24. The Kier molecular flexibility index (Phi) is 7.31. The number of carbonyl (C=O) groups excluding carboxylic acids is 3. The number of anilines is 1. The molecule has 140 valence electrons. The van der Waals surface area contributed by atoms with E-state index in [0.717, 1.165) is 10.0 Å². The quantitative estimate of drug-likeness (QED) is 0.420. The second kappa shape index (κ2) is 9.68. The summed E-state index contributed by atoms with van der Waals surface area (Å²) in [6.07, 6.45) is 3.21. The number of methoxy groups -OCH3 is 1. The lowest BCUT2D eigenvalue weighted by Crippen LogP contribution is -2.13. The first-order valence-electron chi connectivity index (χ1n) is 8.11. The maximum absolute atomic E-state index is 12.1. The van der Waals surface area contributed by atoms with Gasteiger partial charge in [0, 0.05) is 22.7 Å². The van der Waals surface area contributed by atoms with Gasteiger partial charge in [0.15, 0.2) is 0 Å². The molecule has 0 atom stereocenters. The molecule has 0 saturated carbocycles. The highest BCUT2D eigenvalue weighted by atomic mass is 79.9. The van der Waals surface area contributed by atoms with Crippen molar-refractivity contribution in [2.24, 2.45) is 0 Å². The van der Waals surface area contributed by atoms with Gasteiger partial charge in [0.2, 0.25) is 5.91 Å². The molecule has 6 nitrogen and oxygen atoms in total. The third kappa shape index (κ3) is 5.79. The van der Waals surface area contributed by atoms with Crippen LogP contribution in [0.4, 0.5) is 5.69 Å². The third-order valence-corrected chi connectivity index (χ3v) is 4.21. The maximum atomic E-state index is 12.1. The topological polar surface area (TPSA) is 81.7 Å². The van der Waals surface area contributed by atoms with Gasteiger partial charge in [-0.2, -0.15) is 0 Å². The Balaban J connectivity index is 2.18. The summed E-state index contributed by atoms with van der Waals surface area (Å²) in [6.45, 7) is 1.65. The van der Waals surface area contributed by atoms with Crippen molar-refractivity contribution in [3.05, 3.63) is 64.1 Å². The molecule has 0 bridgehead atoms. The molecule has 0 aromatic heterocycles. The second-order valence-corrected chi connectivity index (χ2v) is 6.23. The van der Waals surface area contributed by atoms with Crippen molar-refractivity contribution in [2.75, 3.05) is 12.4 Å². The zero-order valence-corrected chi connectivity index (χ0v) is 16.4. The molecule has 2 aromatic carbocycles. The Morgan fingerprint density at radius 1 is 1.15 bits per heavy atom. The van der Waals surface area contributed by atoms with E-state index in [9.17, 15) is 14.4 Å². The number of benzene rings is 2. The molecule has 2 rings (SSSR count). The van der Waals surface area contributed by atoms with Crippen LogP contribution in [0.1, 0.15) is 29.3 Å². The van der Waals surface area contributed by atoms with Gasteiger partial charge in [-0.15, -0.1) is 0 Å². The Hall–Kier alpha value is -2.93. The highest BCUT2D eigenvalue weighted by molar-refractivity contribution is 9.10. The van der Waals surface area contributed by atoms with E-state index < -0.39 is 11.9 Å². The van der Waals surface area contributed by atoms with Crippen molar-refractivity contribution in [1.82, 2.24) is 0 Å². The van der Waals surface area contributed by atoms with E-state index in [1.165, 1.54) is 31.4 Å². The minimum absolute atomic E-state index is 0.0480. The van der Waals surface area contributed by atoms with Gasteiger partial charge in [-0.25, -0.2) is 4.79 Å². The number of halogens is 1. The smallest absolute Gasteiger partial charge is 0.341 e. The molecule has 0 spiro atoms. The van der Waals surface area contributed by atoms with E-state index in [1.54, 1.807) is 13.0 Å². The lowest BCUT2D eigenvalue weighted by molar-refractivity contribution is -0.134. The summed E-state index contributed by atoms with van der Waals surface area (Å²) in [5, 5.41) is 2.66. The molecule has 0 radical (unpaired) electrons. The van der Waals surface area contributed by atoms with Crippen LogP contribution in [-0.2, 0) is 14.3 Å². The average Bonchev–Trinajstić information content (AvgIpc) is 2.67. The lowest BCUT2D eigenvalue weighted by atomic mass is 10.1. The van der Waals surface area contributed by atoms with Crippen LogP contribution in [0, 0.1) is 0 Å². The standard InChI is InChI=1S/C20H18BrNO5/c1-3-19(24)27-17-10-9-14(12-15(17)20(25)26-2)22-18(23)11-8-13-6-4-5-7-16(13)21/h4-12H,3H2,1-2H3,(H,22,23). The van der Waals surface area contributed by atoms with Gasteiger partial charge in [-0.3, -0.25) is 9.59 Å². The first-order valence-corrected chi connectivity index (χ1v) is 8.90. The van der Waals surface area contributed by atoms with Gasteiger partial charge in [-0.1, -0.05) is 41.1 Å². The predicted molar refractivity (Wildman–Crippen MR) is 106 cm³/mol. The van der Waals surface area contributed by atoms with Crippen LogP contribution in [0.25, 0.3) is 6.08 Å². The molecule has 0 aliphatic rings. The number of nitrogens with one attached hydrogen (secondary N) is 1. The van der Waals surface area contributed by atoms with E-state index in [1.807, 2.05) is 24.3 Å². The van der Waals surface area contributed by atoms with Gasteiger partial charge in [-0.05, 0) is 35.9 Å². The summed E-state index contributed by atoms with van der Waals surface area (Å²) in [5.74, 6) is -1.45. The zero-order chi connectivity index (χ0) is 19.8. The molecule has 0 saturated heterocycles. The van der Waals surface area contributed by atoms with E-state index in [2.05, 4.69) is 21.2 Å². The Labute approximate surface area is 165 Å². The molecule has 0 heterocycles. The summed E-state index contributed by atoms with van der Waals surface area (Å²) in [4.78, 5) is 35.6. The van der Waals surface area contributed by atoms with Crippen LogP contribution in [0.2, 0.25) is 0 Å². The van der Waals surface area contributed by atoms with E-state index >= 15 is 0 Å². The monoisotopic (exact) mass is 431 g/mol. The number of ether oxygens (including phenoxy) is 2. The normalized spacial score (nSPS) is 10.5. The molecule has 0 fully saturated rings. The van der Waals surface area contributed by atoms with Crippen LogP contribution in [0.3, 0.4) is 0 Å². The van der Waals surface area contributed by atoms with Crippen molar-refractivity contribution in [3.8, 4) is 5.75 Å². The number of hydrogen-bond donors (Lipinski definition) is 1. The summed E-state index contributed by atoms with van der Waals surface area (Å²) >= 11 is 3.40. The predicted octanol–water partition coefficient (Wildman–Crippen LogP) is 4.20. The fourth-order valence-corrected chi connectivity index (χ4v) is 2.54. The molecule has 0 aliphatic heterocycles.